The predicted molar refractivity (Wildman–Crippen MR) is 74.1 cm³/mol. The molecule has 1 aromatic carbocycles. The van der Waals surface area contributed by atoms with E-state index in [1.165, 1.54) is 18.2 Å². The van der Waals surface area contributed by atoms with Gasteiger partial charge in [0.2, 0.25) is 0 Å². The zero-order valence-electron chi connectivity index (χ0n) is 11.2. The second-order valence-corrected chi connectivity index (χ2v) is 4.37. The Kier molecular flexibility index (Phi) is 4.07. The first-order valence-corrected chi connectivity index (χ1v) is 6.04. The highest BCUT2D eigenvalue weighted by Crippen LogP contribution is 2.21. The Morgan fingerprint density at radius 1 is 1.38 bits per heavy atom. The maximum atomic E-state index is 11.7. The van der Waals surface area contributed by atoms with Gasteiger partial charge in [-0.05, 0) is 18.2 Å². The minimum Gasteiger partial charge on any atom is -0.507 e. The first-order chi connectivity index (χ1) is 9.95. The summed E-state index contributed by atoms with van der Waals surface area (Å²) in [5.74, 6) is -1.63. The summed E-state index contributed by atoms with van der Waals surface area (Å²) in [5, 5.41) is 27.3. The number of carbonyl (C=O) groups is 2. The van der Waals surface area contributed by atoms with Gasteiger partial charge in [-0.1, -0.05) is 0 Å². The van der Waals surface area contributed by atoms with Gasteiger partial charge in [0.15, 0.2) is 0 Å². The smallest absolute Gasteiger partial charge is 0.339 e. The minimum absolute atomic E-state index is 0.272. The number of nitrogens with zero attached hydrogens (tertiary/aromatic N) is 2. The van der Waals surface area contributed by atoms with Crippen LogP contribution in [0.5, 0.6) is 5.75 Å². The van der Waals surface area contributed by atoms with Crippen LogP contribution < -0.4 is 10.6 Å². The largest absolute Gasteiger partial charge is 0.507 e. The van der Waals surface area contributed by atoms with Gasteiger partial charge in [-0.15, -0.1) is 0 Å². The number of amides is 2. The zero-order valence-corrected chi connectivity index (χ0v) is 11.2. The molecule has 110 valence electrons. The summed E-state index contributed by atoms with van der Waals surface area (Å²) < 4.78 is 1.62. The van der Waals surface area contributed by atoms with Crippen molar-refractivity contribution in [3.63, 3.8) is 0 Å². The highest BCUT2D eigenvalue weighted by atomic mass is 16.4. The standard InChI is InChI=1S/C13H14N4O4/c1-17-7-8(6-15-17)5-14-13(21)16-9-2-3-11(18)10(4-9)12(19)20/h2-4,6-7,18H,5H2,1H3,(H,19,20)(H2,14,16,21). The highest BCUT2D eigenvalue weighted by Gasteiger charge is 2.11. The molecule has 8 heteroatoms. The molecule has 1 heterocycles. The number of aromatic hydroxyl groups is 1. The molecule has 0 aliphatic heterocycles. The lowest BCUT2D eigenvalue weighted by Gasteiger charge is -2.08. The molecule has 1 aromatic heterocycles. The molecule has 2 aromatic rings. The number of aryl methyl sites for hydroxylation is 1. The van der Waals surface area contributed by atoms with Gasteiger partial charge >= 0.3 is 12.0 Å². The number of carboxylic acid groups (broad SMARTS) is 1. The number of carboxylic acids is 1. The Morgan fingerprint density at radius 2 is 2.14 bits per heavy atom. The Labute approximate surface area is 120 Å². The molecule has 0 radical (unpaired) electrons. The number of anilines is 1. The molecule has 2 rings (SSSR count). The van der Waals surface area contributed by atoms with Crippen molar-refractivity contribution in [1.82, 2.24) is 15.1 Å². The normalized spacial score (nSPS) is 10.1. The summed E-state index contributed by atoms with van der Waals surface area (Å²) in [6.45, 7) is 0.295. The number of urea groups is 1. The fourth-order valence-electron chi connectivity index (χ4n) is 1.71. The van der Waals surface area contributed by atoms with Crippen LogP contribution in [-0.4, -0.2) is 32.0 Å². The summed E-state index contributed by atoms with van der Waals surface area (Å²) in [5.41, 5.74) is 0.832. The van der Waals surface area contributed by atoms with Crippen molar-refractivity contribution >= 4 is 17.7 Å². The lowest BCUT2D eigenvalue weighted by atomic mass is 10.2. The SMILES string of the molecule is Cn1cc(CNC(=O)Nc2ccc(O)c(C(=O)O)c2)cn1. The second-order valence-electron chi connectivity index (χ2n) is 4.37. The second kappa shape index (κ2) is 5.95. The molecule has 21 heavy (non-hydrogen) atoms. The van der Waals surface area contributed by atoms with Gasteiger partial charge in [0.25, 0.3) is 0 Å². The van der Waals surface area contributed by atoms with Gasteiger partial charge in [-0.3, -0.25) is 4.68 Å². The van der Waals surface area contributed by atoms with Gasteiger partial charge in [-0.2, -0.15) is 5.10 Å². The van der Waals surface area contributed by atoms with E-state index in [4.69, 9.17) is 5.11 Å². The van der Waals surface area contributed by atoms with Crippen molar-refractivity contribution in [2.75, 3.05) is 5.32 Å². The third-order valence-electron chi connectivity index (χ3n) is 2.70. The van der Waals surface area contributed by atoms with Crippen molar-refractivity contribution < 1.29 is 19.8 Å². The zero-order chi connectivity index (χ0) is 15.4. The Balaban J connectivity index is 1.96. The first-order valence-electron chi connectivity index (χ1n) is 6.04. The molecule has 0 saturated heterocycles. The quantitative estimate of drug-likeness (QED) is 0.630. The van der Waals surface area contributed by atoms with E-state index in [1.54, 1.807) is 24.1 Å². The summed E-state index contributed by atoms with van der Waals surface area (Å²) >= 11 is 0. The highest BCUT2D eigenvalue weighted by molar-refractivity contribution is 5.95. The molecule has 0 saturated carbocycles. The van der Waals surface area contributed by atoms with E-state index >= 15 is 0 Å². The van der Waals surface area contributed by atoms with Crippen molar-refractivity contribution in [2.24, 2.45) is 7.05 Å². The molecule has 0 unspecified atom stereocenters. The van der Waals surface area contributed by atoms with Gasteiger partial charge in [0, 0.05) is 31.0 Å². The average molecular weight is 290 g/mol. The number of aromatic carboxylic acids is 1. The van der Waals surface area contributed by atoms with Crippen LogP contribution in [0.15, 0.2) is 30.6 Å². The van der Waals surface area contributed by atoms with Crippen molar-refractivity contribution in [1.29, 1.82) is 0 Å². The molecule has 0 atom stereocenters. The third-order valence-corrected chi connectivity index (χ3v) is 2.70. The number of benzene rings is 1. The molecular weight excluding hydrogens is 276 g/mol. The van der Waals surface area contributed by atoms with Crippen molar-refractivity contribution in [3.05, 3.63) is 41.7 Å². The number of hydrogen-bond donors (Lipinski definition) is 4. The van der Waals surface area contributed by atoms with Crippen molar-refractivity contribution in [3.8, 4) is 5.75 Å². The van der Waals surface area contributed by atoms with E-state index in [9.17, 15) is 14.7 Å². The fraction of sp³-hybridized carbons (Fsp3) is 0.154. The number of phenols is 1. The van der Waals surface area contributed by atoms with Crippen LogP contribution in [0, 0.1) is 0 Å². The van der Waals surface area contributed by atoms with Gasteiger partial charge in [0.05, 0.1) is 6.20 Å². The van der Waals surface area contributed by atoms with Crippen LogP contribution in [0.2, 0.25) is 0 Å². The Morgan fingerprint density at radius 3 is 2.76 bits per heavy atom. The molecule has 0 aliphatic rings. The van der Waals surface area contributed by atoms with Crippen LogP contribution in [0.4, 0.5) is 10.5 Å². The first kappa shape index (κ1) is 14.4. The summed E-state index contributed by atoms with van der Waals surface area (Å²) in [4.78, 5) is 22.6. The number of aromatic nitrogens is 2. The number of hydrogen-bond acceptors (Lipinski definition) is 4. The van der Waals surface area contributed by atoms with Gasteiger partial charge in [0.1, 0.15) is 11.3 Å². The summed E-state index contributed by atoms with van der Waals surface area (Å²) in [7, 11) is 1.77. The van der Waals surface area contributed by atoms with Crippen LogP contribution in [0.25, 0.3) is 0 Å². The lowest BCUT2D eigenvalue weighted by Crippen LogP contribution is -2.28. The maximum Gasteiger partial charge on any atom is 0.339 e. The average Bonchev–Trinajstić information content (AvgIpc) is 2.84. The number of nitrogens with one attached hydrogen (secondary N) is 2. The molecule has 0 bridgehead atoms. The molecule has 0 spiro atoms. The Bertz CT molecular complexity index is 681. The minimum atomic E-state index is -1.27. The molecule has 2 amide bonds. The predicted octanol–water partition coefficient (Wildman–Crippen LogP) is 1.15. The maximum absolute atomic E-state index is 11.7. The molecule has 4 N–H and O–H groups in total. The molecule has 0 fully saturated rings. The van der Waals surface area contributed by atoms with E-state index in [0.717, 1.165) is 5.56 Å². The number of carbonyl (C=O) groups excluding carboxylic acids is 1. The van der Waals surface area contributed by atoms with E-state index in [0.29, 0.717) is 6.54 Å². The molecular formula is C13H14N4O4. The van der Waals surface area contributed by atoms with Crippen LogP contribution >= 0.6 is 0 Å². The van der Waals surface area contributed by atoms with Crippen LogP contribution in [0.1, 0.15) is 15.9 Å². The van der Waals surface area contributed by atoms with Crippen LogP contribution in [-0.2, 0) is 13.6 Å². The monoisotopic (exact) mass is 290 g/mol. The third kappa shape index (κ3) is 3.72. The van der Waals surface area contributed by atoms with Gasteiger partial charge < -0.3 is 20.8 Å². The number of rotatable bonds is 4. The lowest BCUT2D eigenvalue weighted by molar-refractivity contribution is 0.0693. The fourth-order valence-corrected chi connectivity index (χ4v) is 1.71. The topological polar surface area (TPSA) is 116 Å². The van der Waals surface area contributed by atoms with E-state index in [1.807, 2.05) is 0 Å². The van der Waals surface area contributed by atoms with Gasteiger partial charge in [-0.25, -0.2) is 9.59 Å². The van der Waals surface area contributed by atoms with E-state index in [2.05, 4.69) is 15.7 Å². The van der Waals surface area contributed by atoms with E-state index in [-0.39, 0.29) is 17.0 Å². The molecule has 8 nitrogen and oxygen atoms in total. The Hall–Kier alpha value is -3.03. The van der Waals surface area contributed by atoms with Crippen LogP contribution in [0.3, 0.4) is 0 Å². The van der Waals surface area contributed by atoms with E-state index < -0.39 is 12.0 Å². The van der Waals surface area contributed by atoms with Crippen molar-refractivity contribution in [2.45, 2.75) is 6.54 Å². The molecule has 0 aliphatic carbocycles. The summed E-state index contributed by atoms with van der Waals surface area (Å²) in [6.07, 6.45) is 3.40. The summed E-state index contributed by atoms with van der Waals surface area (Å²) in [6, 6.07) is 3.31.